The summed E-state index contributed by atoms with van der Waals surface area (Å²) < 4.78 is 5.54. The molecule has 0 spiro atoms. The molecule has 6 heteroatoms. The molecule has 6 nitrogen and oxygen atoms in total. The molecule has 0 radical (unpaired) electrons. The van der Waals surface area contributed by atoms with Gasteiger partial charge >= 0.3 is 6.03 Å². The van der Waals surface area contributed by atoms with Crippen LogP contribution in [0.5, 0.6) is 5.75 Å². The molecule has 3 rings (SSSR count). The highest BCUT2D eigenvalue weighted by Crippen LogP contribution is 2.26. The van der Waals surface area contributed by atoms with Crippen LogP contribution in [-0.2, 0) is 9.59 Å². The zero-order chi connectivity index (χ0) is 20.3. The number of nitrogens with one attached hydrogen (secondary N) is 1. The highest BCUT2D eigenvalue weighted by molar-refractivity contribution is 6.39. The fourth-order valence-corrected chi connectivity index (χ4v) is 2.88. The Morgan fingerprint density at radius 2 is 1.75 bits per heavy atom. The quantitative estimate of drug-likeness (QED) is 0.635. The first-order valence-corrected chi connectivity index (χ1v) is 9.12. The fourth-order valence-electron chi connectivity index (χ4n) is 2.88. The van der Waals surface area contributed by atoms with Gasteiger partial charge in [-0.25, -0.2) is 9.69 Å². The average Bonchev–Trinajstić information content (AvgIpc) is 2.67. The van der Waals surface area contributed by atoms with E-state index in [9.17, 15) is 14.4 Å². The van der Waals surface area contributed by atoms with E-state index in [0.29, 0.717) is 17.9 Å². The molecule has 4 amide bonds. The number of urea groups is 1. The number of anilines is 1. The minimum atomic E-state index is -0.746. The third kappa shape index (κ3) is 3.96. The summed E-state index contributed by atoms with van der Waals surface area (Å²) in [7, 11) is 0. The molecule has 1 aliphatic heterocycles. The summed E-state index contributed by atoms with van der Waals surface area (Å²) in [6.45, 7) is 6.33. The number of aryl methyl sites for hydroxylation is 2. The second kappa shape index (κ2) is 8.08. The second-order valence-electron chi connectivity index (χ2n) is 6.67. The Morgan fingerprint density at radius 1 is 1.04 bits per heavy atom. The van der Waals surface area contributed by atoms with Crippen LogP contribution >= 0.6 is 0 Å². The summed E-state index contributed by atoms with van der Waals surface area (Å²) in [6.07, 6.45) is 2.38. The first-order chi connectivity index (χ1) is 13.4. The number of amides is 4. The van der Waals surface area contributed by atoms with Gasteiger partial charge in [0.25, 0.3) is 11.8 Å². The monoisotopic (exact) mass is 378 g/mol. The van der Waals surface area contributed by atoms with Crippen LogP contribution in [0.25, 0.3) is 6.08 Å². The fraction of sp³-hybridized carbons (Fsp3) is 0.227. The van der Waals surface area contributed by atoms with Crippen molar-refractivity contribution >= 4 is 29.6 Å². The van der Waals surface area contributed by atoms with Gasteiger partial charge in [-0.15, -0.1) is 0 Å². The van der Waals surface area contributed by atoms with Crippen LogP contribution in [0.1, 0.15) is 30.0 Å². The maximum atomic E-state index is 13.0. The van der Waals surface area contributed by atoms with Gasteiger partial charge in [0.05, 0.1) is 12.3 Å². The molecule has 2 aromatic rings. The van der Waals surface area contributed by atoms with Crippen molar-refractivity contribution in [2.75, 3.05) is 11.5 Å². The lowest BCUT2D eigenvalue weighted by Gasteiger charge is -2.27. The summed E-state index contributed by atoms with van der Waals surface area (Å²) in [5.74, 6) is -0.632. The predicted octanol–water partition coefficient (Wildman–Crippen LogP) is 3.76. The zero-order valence-corrected chi connectivity index (χ0v) is 16.1. The van der Waals surface area contributed by atoms with Gasteiger partial charge in [-0.1, -0.05) is 31.2 Å². The Kier molecular flexibility index (Phi) is 5.59. The van der Waals surface area contributed by atoms with Crippen LogP contribution < -0.4 is 15.0 Å². The Balaban J connectivity index is 1.93. The van der Waals surface area contributed by atoms with Crippen molar-refractivity contribution in [2.45, 2.75) is 27.2 Å². The van der Waals surface area contributed by atoms with E-state index in [1.54, 1.807) is 30.3 Å². The smallest absolute Gasteiger partial charge is 0.335 e. The van der Waals surface area contributed by atoms with Crippen LogP contribution in [0.3, 0.4) is 0 Å². The van der Waals surface area contributed by atoms with Crippen molar-refractivity contribution in [3.8, 4) is 5.75 Å². The molecule has 0 bridgehead atoms. The summed E-state index contributed by atoms with van der Waals surface area (Å²) in [5, 5.41) is 2.25. The van der Waals surface area contributed by atoms with E-state index >= 15 is 0 Å². The summed E-state index contributed by atoms with van der Waals surface area (Å²) in [6, 6.07) is 11.8. The lowest BCUT2D eigenvalue weighted by molar-refractivity contribution is -0.122. The normalized spacial score (nSPS) is 15.8. The van der Waals surface area contributed by atoms with Gasteiger partial charge in [-0.2, -0.15) is 0 Å². The number of hydrogen-bond donors (Lipinski definition) is 1. The Morgan fingerprint density at radius 3 is 2.43 bits per heavy atom. The zero-order valence-electron chi connectivity index (χ0n) is 16.1. The van der Waals surface area contributed by atoms with Gasteiger partial charge in [0.15, 0.2) is 0 Å². The van der Waals surface area contributed by atoms with Gasteiger partial charge in [-0.05, 0) is 61.2 Å². The second-order valence-corrected chi connectivity index (χ2v) is 6.67. The number of hydrogen-bond acceptors (Lipinski definition) is 4. The van der Waals surface area contributed by atoms with Gasteiger partial charge in [0, 0.05) is 0 Å². The number of rotatable bonds is 5. The van der Waals surface area contributed by atoms with Gasteiger partial charge in [-0.3, -0.25) is 14.9 Å². The topological polar surface area (TPSA) is 75.7 Å². The van der Waals surface area contributed by atoms with E-state index < -0.39 is 17.8 Å². The Bertz CT molecular complexity index is 961. The Hall–Kier alpha value is -3.41. The molecule has 1 fully saturated rings. The van der Waals surface area contributed by atoms with E-state index in [1.165, 1.54) is 6.08 Å². The third-order valence-corrected chi connectivity index (χ3v) is 4.37. The highest BCUT2D eigenvalue weighted by atomic mass is 16.5. The first kappa shape index (κ1) is 19.4. The molecule has 1 aliphatic rings. The van der Waals surface area contributed by atoms with Crippen LogP contribution in [-0.4, -0.2) is 24.5 Å². The lowest BCUT2D eigenvalue weighted by Crippen LogP contribution is -2.54. The number of barbiturate groups is 1. The average molecular weight is 378 g/mol. The summed E-state index contributed by atoms with van der Waals surface area (Å²) in [5.41, 5.74) is 2.70. The number of nitrogens with zero attached hydrogens (tertiary/aromatic N) is 1. The Labute approximate surface area is 163 Å². The molecule has 2 aromatic carbocycles. The number of carbonyl (C=O) groups is 3. The maximum absolute atomic E-state index is 13.0. The van der Waals surface area contributed by atoms with Crippen LogP contribution in [0.2, 0.25) is 0 Å². The number of imide groups is 2. The van der Waals surface area contributed by atoms with Crippen LogP contribution in [0.15, 0.2) is 48.0 Å². The van der Waals surface area contributed by atoms with Crippen molar-refractivity contribution in [3.05, 3.63) is 64.7 Å². The predicted molar refractivity (Wildman–Crippen MR) is 107 cm³/mol. The van der Waals surface area contributed by atoms with Crippen LogP contribution in [0, 0.1) is 13.8 Å². The summed E-state index contributed by atoms with van der Waals surface area (Å²) >= 11 is 0. The molecule has 0 atom stereocenters. The van der Waals surface area contributed by atoms with E-state index in [2.05, 4.69) is 5.32 Å². The number of ether oxygens (including phenoxy) is 1. The minimum absolute atomic E-state index is 0.0947. The molecule has 1 heterocycles. The molecular weight excluding hydrogens is 356 g/mol. The van der Waals surface area contributed by atoms with E-state index in [1.807, 2.05) is 32.9 Å². The molecule has 1 saturated heterocycles. The standard InChI is InChI=1S/C22H22N2O4/c1-4-11-28-17-9-7-16(8-10-17)13-18-20(25)23-22(27)24(21(18)26)19-12-14(2)5-6-15(19)3/h5-10,12-13H,4,11H2,1-3H3,(H,23,25,27)/b18-13+. The first-order valence-electron chi connectivity index (χ1n) is 9.12. The molecule has 0 aromatic heterocycles. The van der Waals surface area contributed by atoms with E-state index in [-0.39, 0.29) is 5.57 Å². The van der Waals surface area contributed by atoms with Gasteiger partial charge < -0.3 is 4.74 Å². The largest absolute Gasteiger partial charge is 0.494 e. The highest BCUT2D eigenvalue weighted by Gasteiger charge is 2.37. The summed E-state index contributed by atoms with van der Waals surface area (Å²) in [4.78, 5) is 38.6. The number of carbonyl (C=O) groups excluding carboxylic acids is 3. The van der Waals surface area contributed by atoms with Crippen molar-refractivity contribution in [3.63, 3.8) is 0 Å². The van der Waals surface area contributed by atoms with Crippen molar-refractivity contribution < 1.29 is 19.1 Å². The molecule has 0 unspecified atom stereocenters. The molecule has 0 aliphatic carbocycles. The third-order valence-electron chi connectivity index (χ3n) is 4.37. The molecule has 1 N–H and O–H groups in total. The van der Waals surface area contributed by atoms with Gasteiger partial charge in [0.1, 0.15) is 11.3 Å². The maximum Gasteiger partial charge on any atom is 0.335 e. The number of benzene rings is 2. The lowest BCUT2D eigenvalue weighted by atomic mass is 10.0. The van der Waals surface area contributed by atoms with E-state index in [4.69, 9.17) is 4.74 Å². The minimum Gasteiger partial charge on any atom is -0.494 e. The van der Waals surface area contributed by atoms with E-state index in [0.717, 1.165) is 28.2 Å². The van der Waals surface area contributed by atoms with Crippen molar-refractivity contribution in [1.82, 2.24) is 5.32 Å². The van der Waals surface area contributed by atoms with Crippen LogP contribution in [0.4, 0.5) is 10.5 Å². The molecule has 144 valence electrons. The molecular formula is C22H22N2O4. The van der Waals surface area contributed by atoms with Crippen molar-refractivity contribution in [2.24, 2.45) is 0 Å². The van der Waals surface area contributed by atoms with Crippen molar-refractivity contribution in [1.29, 1.82) is 0 Å². The molecule has 0 saturated carbocycles. The molecule has 28 heavy (non-hydrogen) atoms. The SMILES string of the molecule is CCCOc1ccc(/C=C2\C(=O)NC(=O)N(c3cc(C)ccc3C)C2=O)cc1. The van der Waals surface area contributed by atoms with Gasteiger partial charge in [0.2, 0.25) is 0 Å².